The van der Waals surface area contributed by atoms with Crippen LogP contribution in [-0.4, -0.2) is 13.2 Å². The molecule has 0 atom stereocenters. The first-order valence-corrected chi connectivity index (χ1v) is 4.85. The van der Waals surface area contributed by atoms with Gasteiger partial charge in [0.2, 0.25) is 0 Å². The minimum absolute atomic E-state index is 0.905. The molecule has 1 fully saturated rings. The van der Waals surface area contributed by atoms with Gasteiger partial charge in [-0.25, -0.2) is 0 Å². The van der Waals surface area contributed by atoms with Crippen LogP contribution in [0.15, 0.2) is 24.3 Å². The minimum Gasteiger partial charge on any atom is -0.497 e. The maximum atomic E-state index is 5.10. The molecule has 70 valence electrons. The second-order valence-corrected chi connectivity index (χ2v) is 3.63. The molecule has 0 saturated heterocycles. The topological polar surface area (TPSA) is 25.8 Å². The fourth-order valence-corrected chi connectivity index (χ4v) is 1.40. The van der Waals surface area contributed by atoms with Crippen molar-refractivity contribution in [3.05, 3.63) is 29.8 Å². The molecule has 2 N–H and O–H groups in total. The fraction of sp³-hybridized carbons (Fsp3) is 0.455. The summed E-state index contributed by atoms with van der Waals surface area (Å²) < 4.78 is 5.10. The molecule has 1 aromatic rings. The van der Waals surface area contributed by atoms with Crippen LogP contribution >= 0.6 is 0 Å². The van der Waals surface area contributed by atoms with Crippen molar-refractivity contribution in [3.63, 3.8) is 0 Å². The number of nitrogens with two attached hydrogens (primary N) is 1. The number of quaternary nitrogens is 1. The fourth-order valence-electron chi connectivity index (χ4n) is 1.40. The lowest BCUT2D eigenvalue weighted by Crippen LogP contribution is -2.84. The molecule has 0 radical (unpaired) electrons. The molecule has 2 heteroatoms. The SMILES string of the molecule is COc1ccc(C[NH2+]C2CC2)cc1. The van der Waals surface area contributed by atoms with Gasteiger partial charge in [-0.2, -0.15) is 0 Å². The van der Waals surface area contributed by atoms with Gasteiger partial charge in [-0.05, 0) is 24.3 Å². The van der Waals surface area contributed by atoms with Crippen LogP contribution in [0.4, 0.5) is 0 Å². The Morgan fingerprint density at radius 1 is 1.31 bits per heavy atom. The summed E-state index contributed by atoms with van der Waals surface area (Å²) in [6, 6.07) is 9.23. The number of ether oxygens (including phenoxy) is 1. The molecule has 0 heterocycles. The molecule has 13 heavy (non-hydrogen) atoms. The lowest BCUT2D eigenvalue weighted by Gasteiger charge is -2.02. The first-order chi connectivity index (χ1) is 6.38. The zero-order valence-electron chi connectivity index (χ0n) is 7.99. The molecule has 0 bridgehead atoms. The van der Waals surface area contributed by atoms with Crippen LogP contribution in [0.1, 0.15) is 18.4 Å². The van der Waals surface area contributed by atoms with Crippen LogP contribution in [0.3, 0.4) is 0 Å². The Bertz CT molecular complexity index is 264. The number of benzene rings is 1. The molecule has 0 amide bonds. The molecule has 1 aliphatic carbocycles. The van der Waals surface area contributed by atoms with E-state index in [9.17, 15) is 0 Å². The first-order valence-electron chi connectivity index (χ1n) is 4.85. The van der Waals surface area contributed by atoms with Gasteiger partial charge >= 0.3 is 0 Å². The summed E-state index contributed by atoms with van der Waals surface area (Å²) in [4.78, 5) is 0. The van der Waals surface area contributed by atoms with Crippen LogP contribution in [0, 0.1) is 0 Å². The maximum absolute atomic E-state index is 5.10. The van der Waals surface area contributed by atoms with Crippen molar-refractivity contribution in [1.29, 1.82) is 0 Å². The predicted octanol–water partition coefficient (Wildman–Crippen LogP) is 0.921. The van der Waals surface area contributed by atoms with E-state index < -0.39 is 0 Å². The molecule has 2 nitrogen and oxygen atoms in total. The van der Waals surface area contributed by atoms with Crippen molar-refractivity contribution in [2.45, 2.75) is 25.4 Å². The van der Waals surface area contributed by atoms with E-state index in [1.54, 1.807) is 7.11 Å². The van der Waals surface area contributed by atoms with Crippen LogP contribution in [0.2, 0.25) is 0 Å². The van der Waals surface area contributed by atoms with Crippen molar-refractivity contribution in [3.8, 4) is 5.75 Å². The Morgan fingerprint density at radius 3 is 2.54 bits per heavy atom. The predicted molar refractivity (Wildman–Crippen MR) is 51.6 cm³/mol. The third-order valence-corrected chi connectivity index (χ3v) is 2.47. The summed E-state index contributed by atoms with van der Waals surface area (Å²) in [5, 5.41) is 2.42. The molecule has 1 aliphatic rings. The number of hydrogen-bond donors (Lipinski definition) is 1. The van der Waals surface area contributed by atoms with E-state index in [1.165, 1.54) is 18.4 Å². The highest BCUT2D eigenvalue weighted by molar-refractivity contribution is 5.26. The van der Waals surface area contributed by atoms with E-state index in [-0.39, 0.29) is 0 Å². The largest absolute Gasteiger partial charge is 0.497 e. The van der Waals surface area contributed by atoms with E-state index >= 15 is 0 Å². The van der Waals surface area contributed by atoms with Gasteiger partial charge in [-0.3, -0.25) is 0 Å². The summed E-state index contributed by atoms with van der Waals surface area (Å²) in [5.41, 5.74) is 1.38. The molecule has 0 unspecified atom stereocenters. The normalized spacial score (nSPS) is 15.8. The van der Waals surface area contributed by atoms with Gasteiger partial charge in [-0.15, -0.1) is 0 Å². The zero-order valence-corrected chi connectivity index (χ0v) is 7.99. The highest BCUT2D eigenvalue weighted by atomic mass is 16.5. The molecule has 2 rings (SSSR count). The summed E-state index contributed by atoms with van der Waals surface area (Å²) in [7, 11) is 1.70. The molecular formula is C11H16NO+. The van der Waals surface area contributed by atoms with E-state index in [1.807, 2.05) is 12.1 Å². The standard InChI is InChI=1S/C11H15NO/c1-13-11-6-2-9(3-7-11)8-12-10-4-5-10/h2-3,6-7,10,12H,4-5,8H2,1H3/p+1. The van der Waals surface area contributed by atoms with E-state index in [0.717, 1.165) is 18.3 Å². The van der Waals surface area contributed by atoms with Gasteiger partial charge in [0.25, 0.3) is 0 Å². The molecular weight excluding hydrogens is 162 g/mol. The smallest absolute Gasteiger partial charge is 0.118 e. The average Bonchev–Trinajstić information content (AvgIpc) is 2.99. The number of hydrogen-bond acceptors (Lipinski definition) is 1. The zero-order chi connectivity index (χ0) is 9.10. The summed E-state index contributed by atoms with van der Waals surface area (Å²) in [6.07, 6.45) is 2.80. The molecule has 0 spiro atoms. The average molecular weight is 178 g/mol. The molecule has 1 aromatic carbocycles. The van der Waals surface area contributed by atoms with Crippen LogP contribution in [0.5, 0.6) is 5.75 Å². The summed E-state index contributed by atoms with van der Waals surface area (Å²) in [6.45, 7) is 1.11. The lowest BCUT2D eigenvalue weighted by molar-refractivity contribution is -0.683. The van der Waals surface area contributed by atoms with Crippen molar-refractivity contribution in [2.24, 2.45) is 0 Å². The van der Waals surface area contributed by atoms with Gasteiger partial charge in [-0.1, -0.05) is 0 Å². The highest BCUT2D eigenvalue weighted by Gasteiger charge is 2.24. The quantitative estimate of drug-likeness (QED) is 0.729. The van der Waals surface area contributed by atoms with Gasteiger partial charge in [0.15, 0.2) is 0 Å². The number of methoxy groups -OCH3 is 1. The maximum Gasteiger partial charge on any atom is 0.118 e. The second-order valence-electron chi connectivity index (χ2n) is 3.63. The molecule has 1 saturated carbocycles. The van der Waals surface area contributed by atoms with Crippen LogP contribution < -0.4 is 10.1 Å². The van der Waals surface area contributed by atoms with Crippen molar-refractivity contribution < 1.29 is 10.1 Å². The summed E-state index contributed by atoms with van der Waals surface area (Å²) >= 11 is 0. The van der Waals surface area contributed by atoms with Crippen LogP contribution in [0.25, 0.3) is 0 Å². The third-order valence-electron chi connectivity index (χ3n) is 2.47. The van der Waals surface area contributed by atoms with Gasteiger partial charge in [0.1, 0.15) is 12.3 Å². The monoisotopic (exact) mass is 178 g/mol. The highest BCUT2D eigenvalue weighted by Crippen LogP contribution is 2.14. The Balaban J connectivity index is 1.88. The van der Waals surface area contributed by atoms with Gasteiger partial charge in [0, 0.05) is 18.4 Å². The Kier molecular flexibility index (Phi) is 2.50. The van der Waals surface area contributed by atoms with Crippen molar-refractivity contribution in [1.82, 2.24) is 0 Å². The van der Waals surface area contributed by atoms with Crippen molar-refractivity contribution >= 4 is 0 Å². The second kappa shape index (κ2) is 3.79. The Labute approximate surface area is 78.9 Å². The number of rotatable bonds is 4. The van der Waals surface area contributed by atoms with Gasteiger partial charge in [0.05, 0.1) is 13.2 Å². The van der Waals surface area contributed by atoms with E-state index in [2.05, 4.69) is 17.4 Å². The Morgan fingerprint density at radius 2 is 2.00 bits per heavy atom. The molecule has 0 aliphatic heterocycles. The first kappa shape index (κ1) is 8.57. The molecule has 0 aromatic heterocycles. The third kappa shape index (κ3) is 2.46. The summed E-state index contributed by atoms with van der Waals surface area (Å²) in [5.74, 6) is 0.940. The van der Waals surface area contributed by atoms with Crippen LogP contribution in [-0.2, 0) is 6.54 Å². The Hall–Kier alpha value is -1.02. The van der Waals surface area contributed by atoms with E-state index in [4.69, 9.17) is 4.74 Å². The van der Waals surface area contributed by atoms with E-state index in [0.29, 0.717) is 0 Å². The minimum atomic E-state index is 0.905. The van der Waals surface area contributed by atoms with Crippen molar-refractivity contribution in [2.75, 3.05) is 7.11 Å². The lowest BCUT2D eigenvalue weighted by atomic mass is 10.2. The van der Waals surface area contributed by atoms with Gasteiger partial charge < -0.3 is 10.1 Å².